The molecule has 4 heteroatoms. The van der Waals surface area contributed by atoms with Crippen LogP contribution in [0, 0.1) is 13.8 Å². The molecule has 0 spiro atoms. The summed E-state index contributed by atoms with van der Waals surface area (Å²) in [6.07, 6.45) is 0. The molecule has 1 heterocycles. The van der Waals surface area contributed by atoms with Gasteiger partial charge in [-0.25, -0.2) is 4.79 Å². The summed E-state index contributed by atoms with van der Waals surface area (Å²) in [6, 6.07) is 10.1. The van der Waals surface area contributed by atoms with Gasteiger partial charge in [-0.3, -0.25) is 4.90 Å². The summed E-state index contributed by atoms with van der Waals surface area (Å²) in [7, 11) is 1.99. The molecule has 106 valence electrons. The lowest BCUT2D eigenvalue weighted by atomic mass is 10.1. The number of carboxylic acids is 1. The van der Waals surface area contributed by atoms with Gasteiger partial charge < -0.3 is 9.52 Å². The molecule has 2 rings (SSSR count). The number of hydrogen-bond donors (Lipinski definition) is 1. The molecule has 0 bridgehead atoms. The Hall–Kier alpha value is -2.07. The highest BCUT2D eigenvalue weighted by atomic mass is 16.4. The molecule has 1 aromatic carbocycles. The van der Waals surface area contributed by atoms with Crippen molar-refractivity contribution in [1.82, 2.24) is 4.90 Å². The van der Waals surface area contributed by atoms with Gasteiger partial charge in [-0.05, 0) is 32.5 Å². The first-order valence-corrected chi connectivity index (χ1v) is 6.52. The van der Waals surface area contributed by atoms with E-state index < -0.39 is 5.97 Å². The maximum atomic E-state index is 10.9. The van der Waals surface area contributed by atoms with E-state index >= 15 is 0 Å². The molecule has 0 radical (unpaired) electrons. The van der Waals surface area contributed by atoms with E-state index in [1.807, 2.05) is 13.1 Å². The zero-order chi connectivity index (χ0) is 14.7. The molecule has 0 aliphatic carbocycles. The smallest absolute Gasteiger partial charge is 0.372 e. The van der Waals surface area contributed by atoms with E-state index in [2.05, 4.69) is 30.0 Å². The molecule has 0 unspecified atom stereocenters. The zero-order valence-electron chi connectivity index (χ0n) is 12.0. The molecule has 20 heavy (non-hydrogen) atoms. The Balaban J connectivity index is 2.03. The van der Waals surface area contributed by atoms with Crippen molar-refractivity contribution in [3.8, 4) is 0 Å². The van der Waals surface area contributed by atoms with Crippen molar-refractivity contribution in [3.63, 3.8) is 0 Å². The van der Waals surface area contributed by atoms with Gasteiger partial charge in [0, 0.05) is 12.1 Å². The Kier molecular flexibility index (Phi) is 4.25. The van der Waals surface area contributed by atoms with Crippen molar-refractivity contribution in [3.05, 3.63) is 58.5 Å². The summed E-state index contributed by atoms with van der Waals surface area (Å²) in [6.45, 7) is 5.20. The quantitative estimate of drug-likeness (QED) is 0.908. The monoisotopic (exact) mass is 273 g/mol. The summed E-state index contributed by atoms with van der Waals surface area (Å²) in [5, 5.41) is 8.97. The van der Waals surface area contributed by atoms with Gasteiger partial charge >= 0.3 is 5.97 Å². The van der Waals surface area contributed by atoms with E-state index in [0.29, 0.717) is 17.9 Å². The lowest BCUT2D eigenvalue weighted by Crippen LogP contribution is -2.16. The van der Waals surface area contributed by atoms with Crippen LogP contribution in [0.15, 0.2) is 34.7 Å². The average molecular weight is 273 g/mol. The topological polar surface area (TPSA) is 53.7 Å². The number of carbonyl (C=O) groups is 1. The molecule has 0 amide bonds. The van der Waals surface area contributed by atoms with Crippen LogP contribution in [0.2, 0.25) is 0 Å². The molecular weight excluding hydrogens is 254 g/mol. The zero-order valence-corrected chi connectivity index (χ0v) is 12.0. The normalized spacial score (nSPS) is 11.0. The minimum Gasteiger partial charge on any atom is -0.475 e. The second-order valence-corrected chi connectivity index (χ2v) is 5.19. The number of carboxylic acid groups (broad SMARTS) is 1. The van der Waals surface area contributed by atoms with Crippen molar-refractivity contribution in [2.75, 3.05) is 7.05 Å². The largest absolute Gasteiger partial charge is 0.475 e. The first-order valence-electron chi connectivity index (χ1n) is 6.52. The standard InChI is InChI=1S/C16H19NO3/c1-11-5-4-6-13(7-11)9-17(3)10-14-8-12(2)15(20-14)16(18)19/h4-8H,9-10H2,1-3H3,(H,18,19). The van der Waals surface area contributed by atoms with Gasteiger partial charge in [0.2, 0.25) is 5.76 Å². The summed E-state index contributed by atoms with van der Waals surface area (Å²) in [4.78, 5) is 13.0. The van der Waals surface area contributed by atoms with E-state index in [1.165, 1.54) is 11.1 Å². The third kappa shape index (κ3) is 3.48. The minimum absolute atomic E-state index is 0.0314. The second-order valence-electron chi connectivity index (χ2n) is 5.19. The first kappa shape index (κ1) is 14.3. The number of rotatable bonds is 5. The molecule has 0 aliphatic rings. The Morgan fingerprint density at radius 3 is 2.60 bits per heavy atom. The first-order chi connectivity index (χ1) is 9.45. The Morgan fingerprint density at radius 1 is 1.25 bits per heavy atom. The highest BCUT2D eigenvalue weighted by Gasteiger charge is 2.15. The van der Waals surface area contributed by atoms with Crippen molar-refractivity contribution in [1.29, 1.82) is 0 Å². The fraction of sp³-hybridized carbons (Fsp3) is 0.312. The van der Waals surface area contributed by atoms with Crippen LogP contribution in [-0.2, 0) is 13.1 Å². The van der Waals surface area contributed by atoms with Gasteiger partial charge in [0.15, 0.2) is 0 Å². The van der Waals surface area contributed by atoms with Crippen LogP contribution >= 0.6 is 0 Å². The van der Waals surface area contributed by atoms with Crippen molar-refractivity contribution in [2.24, 2.45) is 0 Å². The molecule has 0 atom stereocenters. The summed E-state index contributed by atoms with van der Waals surface area (Å²) in [5.74, 6) is -0.311. The Labute approximate surface area is 118 Å². The Morgan fingerprint density at radius 2 is 2.00 bits per heavy atom. The highest BCUT2D eigenvalue weighted by Crippen LogP contribution is 2.17. The van der Waals surface area contributed by atoms with Crippen molar-refractivity contribution < 1.29 is 14.3 Å². The Bertz CT molecular complexity index is 616. The lowest BCUT2D eigenvalue weighted by Gasteiger charge is -2.15. The van der Waals surface area contributed by atoms with Crippen LogP contribution in [-0.4, -0.2) is 23.0 Å². The summed E-state index contributed by atoms with van der Waals surface area (Å²) < 4.78 is 5.37. The van der Waals surface area contributed by atoms with Gasteiger partial charge in [0.05, 0.1) is 6.54 Å². The predicted molar refractivity (Wildman–Crippen MR) is 76.8 cm³/mol. The van der Waals surface area contributed by atoms with Crippen molar-refractivity contribution in [2.45, 2.75) is 26.9 Å². The van der Waals surface area contributed by atoms with E-state index in [4.69, 9.17) is 9.52 Å². The van der Waals surface area contributed by atoms with Gasteiger partial charge in [-0.2, -0.15) is 0 Å². The van der Waals surface area contributed by atoms with Crippen LogP contribution in [0.1, 0.15) is 33.0 Å². The highest BCUT2D eigenvalue weighted by molar-refractivity contribution is 5.86. The third-order valence-electron chi connectivity index (χ3n) is 3.12. The van der Waals surface area contributed by atoms with E-state index in [0.717, 1.165) is 6.54 Å². The number of benzene rings is 1. The van der Waals surface area contributed by atoms with E-state index in [-0.39, 0.29) is 5.76 Å². The van der Waals surface area contributed by atoms with E-state index in [1.54, 1.807) is 13.0 Å². The molecule has 1 N–H and O–H groups in total. The number of nitrogens with zero attached hydrogens (tertiary/aromatic N) is 1. The van der Waals surface area contributed by atoms with Crippen LogP contribution in [0.3, 0.4) is 0 Å². The maximum absolute atomic E-state index is 10.9. The summed E-state index contributed by atoms with van der Waals surface area (Å²) in [5.41, 5.74) is 3.13. The fourth-order valence-electron chi connectivity index (χ4n) is 2.28. The SMILES string of the molecule is Cc1cccc(CN(C)Cc2cc(C)c(C(=O)O)o2)c1. The number of aryl methyl sites for hydroxylation is 2. The fourth-order valence-corrected chi connectivity index (χ4v) is 2.28. The van der Waals surface area contributed by atoms with Crippen LogP contribution in [0.25, 0.3) is 0 Å². The molecule has 1 aromatic heterocycles. The predicted octanol–water partition coefficient (Wildman–Crippen LogP) is 3.23. The molecular formula is C16H19NO3. The summed E-state index contributed by atoms with van der Waals surface area (Å²) >= 11 is 0. The minimum atomic E-state index is -1.02. The molecule has 0 fully saturated rings. The van der Waals surface area contributed by atoms with Gasteiger partial charge in [0.25, 0.3) is 0 Å². The molecule has 2 aromatic rings. The number of furan rings is 1. The lowest BCUT2D eigenvalue weighted by molar-refractivity contribution is 0.0657. The molecule has 0 saturated heterocycles. The van der Waals surface area contributed by atoms with Gasteiger partial charge in [-0.15, -0.1) is 0 Å². The van der Waals surface area contributed by atoms with Crippen LogP contribution in [0.5, 0.6) is 0 Å². The van der Waals surface area contributed by atoms with Gasteiger partial charge in [0.1, 0.15) is 5.76 Å². The van der Waals surface area contributed by atoms with Crippen molar-refractivity contribution >= 4 is 5.97 Å². The number of aromatic carboxylic acids is 1. The third-order valence-corrected chi connectivity index (χ3v) is 3.12. The molecule has 0 saturated carbocycles. The van der Waals surface area contributed by atoms with Gasteiger partial charge in [-0.1, -0.05) is 29.8 Å². The van der Waals surface area contributed by atoms with E-state index in [9.17, 15) is 4.79 Å². The molecule has 0 aliphatic heterocycles. The maximum Gasteiger partial charge on any atom is 0.372 e. The second kappa shape index (κ2) is 5.92. The van der Waals surface area contributed by atoms with Crippen LogP contribution in [0.4, 0.5) is 0 Å². The van der Waals surface area contributed by atoms with Crippen LogP contribution < -0.4 is 0 Å². The average Bonchev–Trinajstić information content (AvgIpc) is 2.70. The number of hydrogen-bond acceptors (Lipinski definition) is 3. The molecule has 4 nitrogen and oxygen atoms in total.